The molecule has 84 valence electrons. The van der Waals surface area contributed by atoms with Crippen LogP contribution in [-0.2, 0) is 9.53 Å². The van der Waals surface area contributed by atoms with E-state index < -0.39 is 12.0 Å². The van der Waals surface area contributed by atoms with Crippen LogP contribution in [0.15, 0.2) is 0 Å². The van der Waals surface area contributed by atoms with E-state index in [0.717, 1.165) is 12.8 Å². The molecule has 0 heterocycles. The molecule has 3 atom stereocenters. The largest absolute Gasteiger partial charge is 0.466 e. The molecular formula is C9H18ClNO3. The van der Waals surface area contributed by atoms with E-state index in [0.29, 0.717) is 13.0 Å². The molecular weight excluding hydrogens is 206 g/mol. The van der Waals surface area contributed by atoms with Crippen molar-refractivity contribution < 1.29 is 14.6 Å². The molecule has 0 spiro atoms. The van der Waals surface area contributed by atoms with Gasteiger partial charge in [0.15, 0.2) is 0 Å². The molecule has 3 unspecified atom stereocenters. The topological polar surface area (TPSA) is 72.5 Å². The molecule has 0 bridgehead atoms. The average molecular weight is 224 g/mol. The molecule has 0 aromatic rings. The molecule has 0 aromatic heterocycles. The van der Waals surface area contributed by atoms with Gasteiger partial charge >= 0.3 is 5.97 Å². The lowest BCUT2D eigenvalue weighted by Gasteiger charge is -2.30. The number of nitrogens with two attached hydrogens (primary N) is 1. The molecule has 0 aliphatic heterocycles. The lowest BCUT2D eigenvalue weighted by molar-refractivity contribution is -0.154. The summed E-state index contributed by atoms with van der Waals surface area (Å²) >= 11 is 0. The maximum Gasteiger partial charge on any atom is 0.311 e. The van der Waals surface area contributed by atoms with Crippen molar-refractivity contribution in [3.63, 3.8) is 0 Å². The zero-order valence-electron chi connectivity index (χ0n) is 8.31. The third kappa shape index (κ3) is 3.12. The summed E-state index contributed by atoms with van der Waals surface area (Å²) in [4.78, 5) is 11.3. The summed E-state index contributed by atoms with van der Waals surface area (Å²) in [7, 11) is 0. The Morgan fingerprint density at radius 3 is 2.79 bits per heavy atom. The highest BCUT2D eigenvalue weighted by Gasteiger charge is 2.35. The van der Waals surface area contributed by atoms with Gasteiger partial charge in [0.25, 0.3) is 0 Å². The second-order valence-electron chi connectivity index (χ2n) is 3.44. The normalized spacial score (nSPS) is 31.8. The van der Waals surface area contributed by atoms with Crippen molar-refractivity contribution in [2.45, 2.75) is 38.3 Å². The third-order valence-corrected chi connectivity index (χ3v) is 2.49. The van der Waals surface area contributed by atoms with Crippen LogP contribution in [0.25, 0.3) is 0 Å². The van der Waals surface area contributed by atoms with Crippen LogP contribution in [0.5, 0.6) is 0 Å². The first-order valence-electron chi connectivity index (χ1n) is 4.77. The Morgan fingerprint density at radius 1 is 1.57 bits per heavy atom. The van der Waals surface area contributed by atoms with E-state index in [1.54, 1.807) is 6.92 Å². The standard InChI is InChI=1S/C9H17NO3.ClH/c1-2-13-9(12)6-4-3-5-7(10)8(6)11;/h6-8,11H,2-5,10H2,1H3;1H. The van der Waals surface area contributed by atoms with E-state index in [9.17, 15) is 9.90 Å². The van der Waals surface area contributed by atoms with Crippen LogP contribution in [0.1, 0.15) is 26.2 Å². The van der Waals surface area contributed by atoms with Gasteiger partial charge in [-0.15, -0.1) is 12.4 Å². The van der Waals surface area contributed by atoms with Crippen LogP contribution in [0, 0.1) is 5.92 Å². The van der Waals surface area contributed by atoms with Gasteiger partial charge in [0.05, 0.1) is 18.6 Å². The number of aliphatic hydroxyl groups is 1. The van der Waals surface area contributed by atoms with E-state index in [4.69, 9.17) is 10.5 Å². The number of esters is 1. The Hall–Kier alpha value is -0.320. The Bertz CT molecular complexity index is 189. The second-order valence-corrected chi connectivity index (χ2v) is 3.44. The second kappa shape index (κ2) is 6.22. The predicted octanol–water partition coefficient (Wildman–Crippen LogP) is 0.460. The smallest absolute Gasteiger partial charge is 0.311 e. The first-order valence-corrected chi connectivity index (χ1v) is 4.77. The molecule has 5 heteroatoms. The highest BCUT2D eigenvalue weighted by atomic mass is 35.5. The SMILES string of the molecule is CCOC(=O)C1CCCC(N)C1O.Cl. The van der Waals surface area contributed by atoms with Gasteiger partial charge in [-0.05, 0) is 19.8 Å². The Morgan fingerprint density at radius 2 is 2.21 bits per heavy atom. The van der Waals surface area contributed by atoms with Crippen LogP contribution >= 0.6 is 12.4 Å². The van der Waals surface area contributed by atoms with Crippen molar-refractivity contribution in [1.82, 2.24) is 0 Å². The molecule has 1 fully saturated rings. The van der Waals surface area contributed by atoms with Crippen LogP contribution in [-0.4, -0.2) is 29.8 Å². The number of hydrogen-bond acceptors (Lipinski definition) is 4. The Balaban J connectivity index is 0.00000169. The van der Waals surface area contributed by atoms with Gasteiger partial charge in [0.2, 0.25) is 0 Å². The highest BCUT2D eigenvalue weighted by molar-refractivity contribution is 5.85. The van der Waals surface area contributed by atoms with Gasteiger partial charge in [0.1, 0.15) is 0 Å². The molecule has 14 heavy (non-hydrogen) atoms. The maximum absolute atomic E-state index is 11.3. The Labute approximate surface area is 90.2 Å². The molecule has 0 aromatic carbocycles. The minimum absolute atomic E-state index is 0. The zero-order valence-corrected chi connectivity index (χ0v) is 9.13. The molecule has 4 nitrogen and oxygen atoms in total. The third-order valence-electron chi connectivity index (χ3n) is 2.49. The van der Waals surface area contributed by atoms with Crippen LogP contribution < -0.4 is 5.73 Å². The van der Waals surface area contributed by atoms with Gasteiger partial charge in [0, 0.05) is 6.04 Å². The molecule has 0 amide bonds. The minimum atomic E-state index is -0.729. The zero-order chi connectivity index (χ0) is 9.84. The fraction of sp³-hybridized carbons (Fsp3) is 0.889. The molecule has 0 saturated heterocycles. The summed E-state index contributed by atoms with van der Waals surface area (Å²) < 4.78 is 4.85. The summed E-state index contributed by atoms with van der Waals surface area (Å²) in [5, 5.41) is 9.61. The van der Waals surface area contributed by atoms with Crippen molar-refractivity contribution in [3.8, 4) is 0 Å². The lowest BCUT2D eigenvalue weighted by atomic mass is 9.83. The van der Waals surface area contributed by atoms with Gasteiger partial charge in [-0.1, -0.05) is 6.42 Å². The van der Waals surface area contributed by atoms with Crippen LogP contribution in [0.2, 0.25) is 0 Å². The van der Waals surface area contributed by atoms with Crippen molar-refractivity contribution in [1.29, 1.82) is 0 Å². The van der Waals surface area contributed by atoms with Gasteiger partial charge in [-0.3, -0.25) is 4.79 Å². The number of carbonyl (C=O) groups is 1. The van der Waals surface area contributed by atoms with Crippen LogP contribution in [0.4, 0.5) is 0 Å². The number of ether oxygens (including phenoxy) is 1. The number of carbonyl (C=O) groups excluding carboxylic acids is 1. The number of halogens is 1. The van der Waals surface area contributed by atoms with E-state index in [1.807, 2.05) is 0 Å². The summed E-state index contributed by atoms with van der Waals surface area (Å²) in [6.45, 7) is 2.12. The molecule has 1 aliphatic rings. The van der Waals surface area contributed by atoms with Gasteiger partial charge in [-0.25, -0.2) is 0 Å². The quantitative estimate of drug-likeness (QED) is 0.668. The number of rotatable bonds is 2. The molecule has 1 aliphatic carbocycles. The van der Waals surface area contributed by atoms with E-state index >= 15 is 0 Å². The molecule has 3 N–H and O–H groups in total. The lowest BCUT2D eigenvalue weighted by Crippen LogP contribution is -2.46. The minimum Gasteiger partial charge on any atom is -0.466 e. The van der Waals surface area contributed by atoms with E-state index in [1.165, 1.54) is 0 Å². The maximum atomic E-state index is 11.3. The summed E-state index contributed by atoms with van der Waals surface area (Å²) in [5.74, 6) is -0.728. The first-order chi connectivity index (χ1) is 6.16. The summed E-state index contributed by atoms with van der Waals surface area (Å²) in [6.07, 6.45) is 1.64. The van der Waals surface area contributed by atoms with Crippen LogP contribution in [0.3, 0.4) is 0 Å². The first kappa shape index (κ1) is 13.7. The fourth-order valence-electron chi connectivity index (χ4n) is 1.72. The van der Waals surface area contributed by atoms with Gasteiger partial charge < -0.3 is 15.6 Å². The van der Waals surface area contributed by atoms with E-state index in [2.05, 4.69) is 0 Å². The molecule has 1 rings (SSSR count). The highest BCUT2D eigenvalue weighted by Crippen LogP contribution is 2.24. The van der Waals surface area contributed by atoms with Crippen molar-refractivity contribution in [3.05, 3.63) is 0 Å². The van der Waals surface area contributed by atoms with Crippen molar-refractivity contribution >= 4 is 18.4 Å². The van der Waals surface area contributed by atoms with Crippen molar-refractivity contribution in [2.24, 2.45) is 11.7 Å². The van der Waals surface area contributed by atoms with Crippen molar-refractivity contribution in [2.75, 3.05) is 6.61 Å². The van der Waals surface area contributed by atoms with Gasteiger partial charge in [-0.2, -0.15) is 0 Å². The Kier molecular flexibility index (Phi) is 6.08. The number of aliphatic hydroxyl groups excluding tert-OH is 1. The number of hydrogen-bond donors (Lipinski definition) is 2. The summed E-state index contributed by atoms with van der Waals surface area (Å²) in [5.41, 5.74) is 5.64. The predicted molar refractivity (Wildman–Crippen MR) is 55.2 cm³/mol. The molecule has 1 saturated carbocycles. The average Bonchev–Trinajstić information content (AvgIpc) is 2.10. The summed E-state index contributed by atoms with van der Waals surface area (Å²) in [6, 6.07) is -0.275. The monoisotopic (exact) mass is 223 g/mol. The fourth-order valence-corrected chi connectivity index (χ4v) is 1.72. The molecule has 0 radical (unpaired) electrons. The van der Waals surface area contributed by atoms with E-state index in [-0.39, 0.29) is 24.4 Å².